The number of nitrogen functional groups attached to an aromatic ring is 2. The van der Waals surface area contributed by atoms with Crippen molar-refractivity contribution in [3.63, 3.8) is 0 Å². The predicted octanol–water partition coefficient (Wildman–Crippen LogP) is 4.36. The molecule has 1 saturated carbocycles. The molecule has 6 nitrogen and oxygen atoms in total. The van der Waals surface area contributed by atoms with Crippen LogP contribution in [0.4, 0.5) is 0 Å². The molecule has 164 valence electrons. The first kappa shape index (κ1) is 25.6. The van der Waals surface area contributed by atoms with Crippen molar-refractivity contribution in [1.82, 2.24) is 0 Å². The number of nitrogens with two attached hydrogens (primary N) is 2. The fraction of sp³-hybridized carbons (Fsp3) is 0.364. The van der Waals surface area contributed by atoms with Crippen molar-refractivity contribution in [2.75, 3.05) is 13.2 Å². The summed E-state index contributed by atoms with van der Waals surface area (Å²) in [4.78, 5) is 0. The van der Waals surface area contributed by atoms with Gasteiger partial charge in [0, 0.05) is 11.1 Å². The van der Waals surface area contributed by atoms with Crippen LogP contribution < -0.4 is 20.9 Å². The maximum atomic E-state index is 7.51. The number of ether oxygens (including phenoxy) is 2. The molecule has 3 rings (SSSR count). The summed E-state index contributed by atoms with van der Waals surface area (Å²) in [6, 6.07) is 14.8. The lowest BCUT2D eigenvalue weighted by molar-refractivity contribution is 0.148. The zero-order valence-corrected chi connectivity index (χ0v) is 18.4. The van der Waals surface area contributed by atoms with E-state index in [0.29, 0.717) is 36.2 Å². The monoisotopic (exact) mass is 452 g/mol. The van der Waals surface area contributed by atoms with Crippen molar-refractivity contribution in [2.24, 2.45) is 23.3 Å². The van der Waals surface area contributed by atoms with Crippen LogP contribution in [0.5, 0.6) is 11.5 Å². The summed E-state index contributed by atoms with van der Waals surface area (Å²) in [7, 11) is 0. The van der Waals surface area contributed by atoms with Gasteiger partial charge in [0.25, 0.3) is 0 Å². The Balaban J connectivity index is 0.00000225. The first-order valence-electron chi connectivity index (χ1n) is 9.66. The SMILES string of the molecule is Cl.Cl.N=C(N)c1cccc(OCC2CCC(COc3cccc(C(=N)N)c3)CC2)c1. The molecular formula is C22H30Cl2N4O2. The van der Waals surface area contributed by atoms with E-state index in [1.54, 1.807) is 0 Å². The third-order valence-corrected chi connectivity index (χ3v) is 5.23. The Labute approximate surface area is 190 Å². The lowest BCUT2D eigenvalue weighted by Gasteiger charge is -2.28. The molecule has 1 aliphatic carbocycles. The molecule has 0 saturated heterocycles. The molecule has 6 N–H and O–H groups in total. The summed E-state index contributed by atoms with van der Waals surface area (Å²) in [5, 5.41) is 15.0. The summed E-state index contributed by atoms with van der Waals surface area (Å²) in [5.41, 5.74) is 12.4. The first-order chi connectivity index (χ1) is 13.5. The first-order valence-corrected chi connectivity index (χ1v) is 9.66. The third kappa shape index (κ3) is 7.43. The Morgan fingerprint density at radius 1 is 0.733 bits per heavy atom. The summed E-state index contributed by atoms with van der Waals surface area (Å²) in [6.07, 6.45) is 4.48. The van der Waals surface area contributed by atoms with Gasteiger partial charge in [0.2, 0.25) is 0 Å². The van der Waals surface area contributed by atoms with E-state index in [2.05, 4.69) is 0 Å². The Hall–Kier alpha value is -2.44. The van der Waals surface area contributed by atoms with Crippen LogP contribution in [0.3, 0.4) is 0 Å². The molecule has 0 aromatic heterocycles. The summed E-state index contributed by atoms with van der Waals surface area (Å²) < 4.78 is 11.8. The van der Waals surface area contributed by atoms with Gasteiger partial charge in [-0.3, -0.25) is 10.8 Å². The molecule has 0 radical (unpaired) electrons. The van der Waals surface area contributed by atoms with Crippen molar-refractivity contribution < 1.29 is 9.47 Å². The van der Waals surface area contributed by atoms with Crippen molar-refractivity contribution >= 4 is 36.5 Å². The van der Waals surface area contributed by atoms with E-state index < -0.39 is 0 Å². The largest absolute Gasteiger partial charge is 0.493 e. The zero-order chi connectivity index (χ0) is 19.9. The molecule has 1 aliphatic rings. The summed E-state index contributed by atoms with van der Waals surface area (Å²) >= 11 is 0. The molecule has 0 aliphatic heterocycles. The third-order valence-electron chi connectivity index (χ3n) is 5.23. The highest BCUT2D eigenvalue weighted by atomic mass is 35.5. The molecule has 0 unspecified atom stereocenters. The molecule has 30 heavy (non-hydrogen) atoms. The maximum absolute atomic E-state index is 7.51. The van der Waals surface area contributed by atoms with E-state index in [4.69, 9.17) is 31.8 Å². The van der Waals surface area contributed by atoms with Crippen LogP contribution in [0.2, 0.25) is 0 Å². The van der Waals surface area contributed by atoms with Crippen molar-refractivity contribution in [3.05, 3.63) is 59.7 Å². The molecule has 0 bridgehead atoms. The molecule has 2 aromatic carbocycles. The van der Waals surface area contributed by atoms with Crippen molar-refractivity contribution in [1.29, 1.82) is 10.8 Å². The van der Waals surface area contributed by atoms with Gasteiger partial charge in [-0.05, 0) is 61.8 Å². The fourth-order valence-electron chi connectivity index (χ4n) is 3.50. The van der Waals surface area contributed by atoms with Crippen LogP contribution in [0.25, 0.3) is 0 Å². The fourth-order valence-corrected chi connectivity index (χ4v) is 3.50. The van der Waals surface area contributed by atoms with Gasteiger partial charge in [0.05, 0.1) is 13.2 Å². The Bertz CT molecular complexity index is 770. The van der Waals surface area contributed by atoms with E-state index in [9.17, 15) is 0 Å². The minimum atomic E-state index is 0. The van der Waals surface area contributed by atoms with Crippen molar-refractivity contribution in [2.45, 2.75) is 25.7 Å². The van der Waals surface area contributed by atoms with Gasteiger partial charge in [-0.15, -0.1) is 24.8 Å². The van der Waals surface area contributed by atoms with Crippen LogP contribution in [0.1, 0.15) is 36.8 Å². The standard InChI is InChI=1S/C22H28N4O2.2ClH/c23-21(24)17-3-1-5-19(11-17)27-13-15-7-9-16(10-8-15)14-28-20-6-2-4-18(12-20)22(25)26;;/h1-6,11-12,15-16H,7-10,13-14H2,(H3,23,24)(H3,25,26);2*1H. The number of benzene rings is 2. The number of halogens is 2. The van der Waals surface area contributed by atoms with E-state index in [1.165, 1.54) is 0 Å². The van der Waals surface area contributed by atoms with E-state index in [1.807, 2.05) is 48.5 Å². The van der Waals surface area contributed by atoms with Crippen LogP contribution in [0.15, 0.2) is 48.5 Å². The second kappa shape index (κ2) is 12.3. The van der Waals surface area contributed by atoms with Crippen LogP contribution in [-0.4, -0.2) is 24.9 Å². The smallest absolute Gasteiger partial charge is 0.122 e. The second-order valence-electron chi connectivity index (χ2n) is 7.39. The molecule has 0 amide bonds. The Morgan fingerprint density at radius 3 is 1.43 bits per heavy atom. The lowest BCUT2D eigenvalue weighted by Crippen LogP contribution is -2.23. The predicted molar refractivity (Wildman–Crippen MR) is 126 cm³/mol. The lowest BCUT2D eigenvalue weighted by atomic mass is 9.83. The van der Waals surface area contributed by atoms with Gasteiger partial charge < -0.3 is 20.9 Å². The highest BCUT2D eigenvalue weighted by Crippen LogP contribution is 2.30. The van der Waals surface area contributed by atoms with Crippen LogP contribution >= 0.6 is 24.8 Å². The Morgan fingerprint density at radius 2 is 1.10 bits per heavy atom. The number of rotatable bonds is 8. The van der Waals surface area contributed by atoms with Gasteiger partial charge in [-0.1, -0.05) is 24.3 Å². The molecular weight excluding hydrogens is 423 g/mol. The number of hydrogen-bond acceptors (Lipinski definition) is 4. The van der Waals surface area contributed by atoms with E-state index in [-0.39, 0.29) is 36.5 Å². The average molecular weight is 453 g/mol. The highest BCUT2D eigenvalue weighted by molar-refractivity contribution is 5.95. The van der Waals surface area contributed by atoms with Crippen LogP contribution in [-0.2, 0) is 0 Å². The molecule has 2 aromatic rings. The summed E-state index contributed by atoms with van der Waals surface area (Å²) in [6.45, 7) is 1.38. The second-order valence-corrected chi connectivity index (χ2v) is 7.39. The normalized spacial score (nSPS) is 17.7. The zero-order valence-electron chi connectivity index (χ0n) is 16.8. The molecule has 0 atom stereocenters. The number of amidine groups is 2. The Kier molecular flexibility index (Phi) is 10.5. The summed E-state index contributed by atoms with van der Waals surface area (Å²) in [5.74, 6) is 2.73. The molecule has 0 spiro atoms. The molecule has 1 fully saturated rings. The highest BCUT2D eigenvalue weighted by Gasteiger charge is 2.22. The van der Waals surface area contributed by atoms with E-state index in [0.717, 1.165) is 37.2 Å². The van der Waals surface area contributed by atoms with Crippen LogP contribution in [0, 0.1) is 22.7 Å². The quantitative estimate of drug-likeness (QED) is 0.351. The average Bonchev–Trinajstić information content (AvgIpc) is 2.72. The topological polar surface area (TPSA) is 118 Å². The van der Waals surface area contributed by atoms with Gasteiger partial charge in [-0.25, -0.2) is 0 Å². The number of nitrogens with one attached hydrogen (secondary N) is 2. The number of hydrogen-bond donors (Lipinski definition) is 4. The minimum Gasteiger partial charge on any atom is -0.493 e. The van der Waals surface area contributed by atoms with Gasteiger partial charge in [-0.2, -0.15) is 0 Å². The minimum absolute atomic E-state index is 0. The van der Waals surface area contributed by atoms with Gasteiger partial charge in [0.15, 0.2) is 0 Å². The molecule has 0 heterocycles. The van der Waals surface area contributed by atoms with Gasteiger partial charge in [0.1, 0.15) is 23.2 Å². The van der Waals surface area contributed by atoms with Gasteiger partial charge >= 0.3 is 0 Å². The maximum Gasteiger partial charge on any atom is 0.122 e. The van der Waals surface area contributed by atoms with Crippen molar-refractivity contribution in [3.8, 4) is 11.5 Å². The molecule has 8 heteroatoms. The van der Waals surface area contributed by atoms with E-state index >= 15 is 0 Å².